The van der Waals surface area contributed by atoms with E-state index in [0.717, 1.165) is 5.56 Å². The summed E-state index contributed by atoms with van der Waals surface area (Å²) in [7, 11) is 0. The van der Waals surface area contributed by atoms with Gasteiger partial charge in [-0.05, 0) is 43.2 Å². The van der Waals surface area contributed by atoms with E-state index in [1.54, 1.807) is 19.1 Å². The van der Waals surface area contributed by atoms with Gasteiger partial charge < -0.3 is 15.1 Å². The largest absolute Gasteiger partial charge is 0.459 e. The number of carbonyl (C=O) groups is 2. The lowest BCUT2D eigenvalue weighted by atomic mass is 10.1. The van der Waals surface area contributed by atoms with Crippen molar-refractivity contribution >= 4 is 23.4 Å². The standard InChI is InChI=1S/C16H17ClN2O3/c1-11(19-16(21)14-3-2-10-22-14)15(20)18-9-8-12-4-6-13(17)7-5-12/h2-7,10-11H,8-9H2,1H3,(H,18,20)(H,19,21). The molecule has 0 aliphatic heterocycles. The Morgan fingerprint density at radius 1 is 1.23 bits per heavy atom. The van der Waals surface area contributed by atoms with Crippen molar-refractivity contribution in [3.63, 3.8) is 0 Å². The molecule has 2 N–H and O–H groups in total. The van der Waals surface area contributed by atoms with Crippen LogP contribution in [0.3, 0.4) is 0 Å². The van der Waals surface area contributed by atoms with Crippen LogP contribution >= 0.6 is 11.6 Å². The van der Waals surface area contributed by atoms with Crippen LogP contribution in [-0.4, -0.2) is 24.4 Å². The fraction of sp³-hybridized carbons (Fsp3) is 0.250. The third-order valence-corrected chi connectivity index (χ3v) is 3.36. The van der Waals surface area contributed by atoms with Crippen LogP contribution in [0.15, 0.2) is 47.1 Å². The van der Waals surface area contributed by atoms with E-state index in [-0.39, 0.29) is 11.7 Å². The maximum atomic E-state index is 11.9. The lowest BCUT2D eigenvalue weighted by molar-refractivity contribution is -0.122. The molecule has 0 aliphatic carbocycles. The number of amides is 2. The normalized spacial score (nSPS) is 11.7. The zero-order valence-electron chi connectivity index (χ0n) is 12.1. The zero-order chi connectivity index (χ0) is 15.9. The minimum absolute atomic E-state index is 0.181. The summed E-state index contributed by atoms with van der Waals surface area (Å²) < 4.78 is 4.97. The Morgan fingerprint density at radius 3 is 2.59 bits per heavy atom. The van der Waals surface area contributed by atoms with E-state index in [4.69, 9.17) is 16.0 Å². The van der Waals surface area contributed by atoms with Gasteiger partial charge in [0, 0.05) is 11.6 Å². The highest BCUT2D eigenvalue weighted by Crippen LogP contribution is 2.09. The van der Waals surface area contributed by atoms with E-state index < -0.39 is 11.9 Å². The smallest absolute Gasteiger partial charge is 0.287 e. The number of benzene rings is 1. The zero-order valence-corrected chi connectivity index (χ0v) is 12.9. The molecule has 2 amide bonds. The maximum absolute atomic E-state index is 11.9. The van der Waals surface area contributed by atoms with Crippen LogP contribution in [-0.2, 0) is 11.2 Å². The molecule has 2 rings (SSSR count). The maximum Gasteiger partial charge on any atom is 0.287 e. The molecule has 0 spiro atoms. The molecular weight excluding hydrogens is 304 g/mol. The van der Waals surface area contributed by atoms with Crippen LogP contribution < -0.4 is 10.6 Å². The first kappa shape index (κ1) is 16.1. The molecule has 116 valence electrons. The van der Waals surface area contributed by atoms with Gasteiger partial charge in [0.2, 0.25) is 5.91 Å². The van der Waals surface area contributed by atoms with Crippen molar-refractivity contribution in [1.29, 1.82) is 0 Å². The summed E-state index contributed by atoms with van der Waals surface area (Å²) in [5.41, 5.74) is 1.08. The van der Waals surface area contributed by atoms with Gasteiger partial charge in [0.25, 0.3) is 5.91 Å². The van der Waals surface area contributed by atoms with Crippen molar-refractivity contribution in [2.75, 3.05) is 6.54 Å². The van der Waals surface area contributed by atoms with E-state index >= 15 is 0 Å². The summed E-state index contributed by atoms with van der Waals surface area (Å²) in [4.78, 5) is 23.7. The minimum Gasteiger partial charge on any atom is -0.459 e. The fourth-order valence-electron chi connectivity index (χ4n) is 1.88. The molecule has 1 heterocycles. The molecule has 0 bridgehead atoms. The molecule has 1 unspecified atom stereocenters. The fourth-order valence-corrected chi connectivity index (χ4v) is 2.00. The van der Waals surface area contributed by atoms with Crippen LogP contribution in [0.5, 0.6) is 0 Å². The van der Waals surface area contributed by atoms with Gasteiger partial charge in [0.05, 0.1) is 6.26 Å². The van der Waals surface area contributed by atoms with E-state index in [0.29, 0.717) is 18.0 Å². The Hall–Kier alpha value is -2.27. The second-order valence-electron chi connectivity index (χ2n) is 4.84. The van der Waals surface area contributed by atoms with Crippen LogP contribution in [0.2, 0.25) is 5.02 Å². The lowest BCUT2D eigenvalue weighted by Crippen LogP contribution is -2.45. The molecule has 0 radical (unpaired) electrons. The van der Waals surface area contributed by atoms with Crippen molar-refractivity contribution in [3.8, 4) is 0 Å². The highest BCUT2D eigenvalue weighted by Gasteiger charge is 2.17. The number of hydrogen-bond donors (Lipinski definition) is 2. The van der Waals surface area contributed by atoms with Gasteiger partial charge in [-0.15, -0.1) is 0 Å². The molecule has 0 aliphatic rings. The van der Waals surface area contributed by atoms with E-state index in [9.17, 15) is 9.59 Å². The Kier molecular flexibility index (Phi) is 5.61. The third kappa shape index (κ3) is 4.63. The van der Waals surface area contributed by atoms with Gasteiger partial charge in [-0.25, -0.2) is 0 Å². The molecule has 0 saturated heterocycles. The number of furan rings is 1. The highest BCUT2D eigenvalue weighted by molar-refractivity contribution is 6.30. The molecule has 1 aromatic carbocycles. The Bertz CT molecular complexity index is 623. The Labute approximate surface area is 133 Å². The van der Waals surface area contributed by atoms with E-state index in [1.165, 1.54) is 6.26 Å². The molecule has 1 aromatic heterocycles. The van der Waals surface area contributed by atoms with Gasteiger partial charge in [0.15, 0.2) is 5.76 Å². The van der Waals surface area contributed by atoms with Crippen LogP contribution in [0, 0.1) is 0 Å². The highest BCUT2D eigenvalue weighted by atomic mass is 35.5. The summed E-state index contributed by atoms with van der Waals surface area (Å²) in [6, 6.07) is 9.97. The Balaban J connectivity index is 1.74. The van der Waals surface area contributed by atoms with Gasteiger partial charge in [-0.3, -0.25) is 9.59 Å². The molecular formula is C16H17ClN2O3. The quantitative estimate of drug-likeness (QED) is 0.858. The lowest BCUT2D eigenvalue weighted by Gasteiger charge is -2.13. The van der Waals surface area contributed by atoms with E-state index in [1.807, 2.05) is 24.3 Å². The van der Waals surface area contributed by atoms with Gasteiger partial charge in [0.1, 0.15) is 6.04 Å². The predicted octanol–water partition coefficient (Wildman–Crippen LogP) is 2.41. The second-order valence-corrected chi connectivity index (χ2v) is 5.28. The van der Waals surface area contributed by atoms with Gasteiger partial charge in [-0.1, -0.05) is 23.7 Å². The molecule has 0 fully saturated rings. The molecule has 1 atom stereocenters. The van der Waals surface area contributed by atoms with Crippen LogP contribution in [0.1, 0.15) is 23.0 Å². The van der Waals surface area contributed by atoms with Crippen molar-refractivity contribution < 1.29 is 14.0 Å². The van der Waals surface area contributed by atoms with Crippen LogP contribution in [0.25, 0.3) is 0 Å². The van der Waals surface area contributed by atoms with Gasteiger partial charge >= 0.3 is 0 Å². The SMILES string of the molecule is CC(NC(=O)c1ccco1)C(=O)NCCc1ccc(Cl)cc1. The predicted molar refractivity (Wildman–Crippen MR) is 83.8 cm³/mol. The number of carbonyl (C=O) groups excluding carboxylic acids is 2. The number of nitrogens with one attached hydrogen (secondary N) is 2. The van der Waals surface area contributed by atoms with E-state index in [2.05, 4.69) is 10.6 Å². The minimum atomic E-state index is -0.636. The number of halogens is 1. The summed E-state index contributed by atoms with van der Waals surface area (Å²) >= 11 is 5.81. The van der Waals surface area contributed by atoms with Crippen molar-refractivity contribution in [2.45, 2.75) is 19.4 Å². The van der Waals surface area contributed by atoms with Crippen molar-refractivity contribution in [1.82, 2.24) is 10.6 Å². The first-order valence-electron chi connectivity index (χ1n) is 6.93. The average molecular weight is 321 g/mol. The molecule has 2 aromatic rings. The number of hydrogen-bond acceptors (Lipinski definition) is 3. The first-order chi connectivity index (χ1) is 10.6. The average Bonchev–Trinajstić information content (AvgIpc) is 3.03. The summed E-state index contributed by atoms with van der Waals surface area (Å²) in [6.07, 6.45) is 2.10. The molecule has 5 nitrogen and oxygen atoms in total. The topological polar surface area (TPSA) is 71.3 Å². The first-order valence-corrected chi connectivity index (χ1v) is 7.30. The second kappa shape index (κ2) is 7.66. The summed E-state index contributed by atoms with van der Waals surface area (Å²) in [5.74, 6) is -0.472. The van der Waals surface area contributed by atoms with Crippen molar-refractivity contribution in [3.05, 3.63) is 59.0 Å². The molecule has 6 heteroatoms. The molecule has 22 heavy (non-hydrogen) atoms. The number of rotatable bonds is 6. The summed E-state index contributed by atoms with van der Waals surface area (Å²) in [6.45, 7) is 2.11. The summed E-state index contributed by atoms with van der Waals surface area (Å²) in [5, 5.41) is 6.04. The third-order valence-electron chi connectivity index (χ3n) is 3.11. The van der Waals surface area contributed by atoms with Crippen molar-refractivity contribution in [2.24, 2.45) is 0 Å². The molecule has 0 saturated carbocycles. The van der Waals surface area contributed by atoms with Gasteiger partial charge in [-0.2, -0.15) is 0 Å². The monoisotopic (exact) mass is 320 g/mol. The Morgan fingerprint density at radius 2 is 1.95 bits per heavy atom. The van der Waals surface area contributed by atoms with Crippen LogP contribution in [0.4, 0.5) is 0 Å².